The zero-order valence-corrected chi connectivity index (χ0v) is 15.2. The Balaban J connectivity index is 2.52. The molecule has 0 aromatic heterocycles. The Morgan fingerprint density at radius 3 is 2.60 bits per heavy atom. The fourth-order valence-corrected chi connectivity index (χ4v) is 2.73. The number of hydrogen-bond donors (Lipinski definition) is 2. The van der Waals surface area contributed by atoms with E-state index in [0.717, 1.165) is 15.8 Å². The van der Waals surface area contributed by atoms with Crippen molar-refractivity contribution < 1.29 is 5.11 Å². The quantitative estimate of drug-likeness (QED) is 0.351. The van der Waals surface area contributed by atoms with Crippen LogP contribution in [0.25, 0.3) is 0 Å². The van der Waals surface area contributed by atoms with Crippen LogP contribution in [0.3, 0.4) is 0 Å². The second kappa shape index (κ2) is 8.18. The molecule has 0 radical (unpaired) electrons. The summed E-state index contributed by atoms with van der Waals surface area (Å²) < 4.78 is 0.728. The van der Waals surface area contributed by atoms with Gasteiger partial charge in [-0.2, -0.15) is 10.5 Å². The summed E-state index contributed by atoms with van der Waals surface area (Å²) in [5.41, 5.74) is 7.61. The summed E-state index contributed by atoms with van der Waals surface area (Å²) in [6.45, 7) is 1.94. The number of para-hydroxylation sites is 1. The third kappa shape index (κ3) is 3.90. The lowest BCUT2D eigenvalue weighted by atomic mass is 10.0. The van der Waals surface area contributed by atoms with Gasteiger partial charge in [-0.15, -0.1) is 0 Å². The molecule has 0 saturated heterocycles. The summed E-state index contributed by atoms with van der Waals surface area (Å²) in [4.78, 5) is 5.28. The van der Waals surface area contributed by atoms with E-state index in [1.165, 1.54) is 6.07 Å². The Labute approximate surface area is 154 Å². The molecule has 0 spiro atoms. The molecule has 7 heteroatoms. The highest BCUT2D eigenvalue weighted by Crippen LogP contribution is 2.34. The van der Waals surface area contributed by atoms with E-state index in [9.17, 15) is 15.6 Å². The molecule has 0 unspecified atom stereocenters. The highest BCUT2D eigenvalue weighted by atomic mass is 79.9. The van der Waals surface area contributed by atoms with Crippen molar-refractivity contribution >= 4 is 33.3 Å². The van der Waals surface area contributed by atoms with Crippen LogP contribution in [-0.2, 0) is 6.42 Å². The maximum absolute atomic E-state index is 10.5. The predicted octanol–water partition coefficient (Wildman–Crippen LogP) is 3.91. The van der Waals surface area contributed by atoms with Crippen LogP contribution < -0.4 is 10.6 Å². The predicted molar refractivity (Wildman–Crippen MR) is 100 cm³/mol. The Kier molecular flexibility index (Phi) is 5.99. The molecule has 0 heterocycles. The Bertz CT molecular complexity index is 895. The highest BCUT2D eigenvalue weighted by molar-refractivity contribution is 9.10. The SMILES string of the molecule is CCCc1c(C#N)ccc(N(C#N)C(N)=Nc2ccccc2Br)c1O. The van der Waals surface area contributed by atoms with Gasteiger partial charge < -0.3 is 10.8 Å². The second-order valence-electron chi connectivity index (χ2n) is 5.18. The van der Waals surface area contributed by atoms with Crippen LogP contribution in [0.2, 0.25) is 0 Å². The summed E-state index contributed by atoms with van der Waals surface area (Å²) in [5, 5.41) is 29.2. The molecule has 0 aliphatic carbocycles. The smallest absolute Gasteiger partial charge is 0.214 e. The lowest BCUT2D eigenvalue weighted by molar-refractivity contribution is 0.469. The molecule has 3 N–H and O–H groups in total. The minimum atomic E-state index is -0.132. The number of nitrogens with zero attached hydrogens (tertiary/aromatic N) is 4. The first-order valence-corrected chi connectivity index (χ1v) is 8.36. The standard InChI is InChI=1S/C18H16BrN5O/c1-2-5-13-12(10-20)8-9-16(17(13)25)24(11-21)18(22)23-15-7-4-3-6-14(15)19/h3-4,6-9,25H,2,5H2,1H3,(H2,22,23). The van der Waals surface area contributed by atoms with Crippen LogP contribution in [-0.4, -0.2) is 11.1 Å². The second-order valence-corrected chi connectivity index (χ2v) is 6.03. The number of phenols is 1. The molecule has 0 saturated carbocycles. The van der Waals surface area contributed by atoms with E-state index >= 15 is 0 Å². The van der Waals surface area contributed by atoms with Gasteiger partial charge in [0.05, 0.1) is 17.3 Å². The van der Waals surface area contributed by atoms with Gasteiger partial charge in [-0.05, 0) is 46.6 Å². The molecule has 0 atom stereocenters. The molecule has 0 bridgehead atoms. The first-order valence-electron chi connectivity index (χ1n) is 7.57. The van der Waals surface area contributed by atoms with Gasteiger partial charge in [0, 0.05) is 10.0 Å². The minimum Gasteiger partial charge on any atom is -0.505 e. The van der Waals surface area contributed by atoms with Crippen LogP contribution in [0.5, 0.6) is 5.75 Å². The van der Waals surface area contributed by atoms with Crippen LogP contribution in [0.15, 0.2) is 45.9 Å². The van der Waals surface area contributed by atoms with Crippen molar-refractivity contribution in [2.75, 3.05) is 4.90 Å². The molecule has 2 rings (SSSR count). The van der Waals surface area contributed by atoms with Gasteiger partial charge in [0.15, 0.2) is 6.19 Å². The normalized spacial score (nSPS) is 10.8. The van der Waals surface area contributed by atoms with Crippen LogP contribution in [0.4, 0.5) is 11.4 Å². The lowest BCUT2D eigenvalue weighted by Gasteiger charge is -2.18. The molecular weight excluding hydrogens is 382 g/mol. The summed E-state index contributed by atoms with van der Waals surface area (Å²) in [7, 11) is 0. The summed E-state index contributed by atoms with van der Waals surface area (Å²) in [5.74, 6) is -0.218. The van der Waals surface area contributed by atoms with E-state index < -0.39 is 0 Å². The largest absolute Gasteiger partial charge is 0.505 e. The summed E-state index contributed by atoms with van der Waals surface area (Å²) >= 11 is 3.37. The Morgan fingerprint density at radius 1 is 1.28 bits per heavy atom. The number of guanidine groups is 1. The van der Waals surface area contributed by atoms with Crippen molar-refractivity contribution in [3.63, 3.8) is 0 Å². The fraction of sp³-hybridized carbons (Fsp3) is 0.167. The van der Waals surface area contributed by atoms with Crippen molar-refractivity contribution in [2.45, 2.75) is 19.8 Å². The maximum atomic E-state index is 10.5. The minimum absolute atomic E-state index is 0.0862. The third-order valence-corrected chi connectivity index (χ3v) is 4.21. The van der Waals surface area contributed by atoms with Gasteiger partial charge in [-0.25, -0.2) is 9.89 Å². The van der Waals surface area contributed by atoms with Gasteiger partial charge in [0.1, 0.15) is 11.4 Å². The summed E-state index contributed by atoms with van der Waals surface area (Å²) in [6, 6.07) is 12.3. The van der Waals surface area contributed by atoms with Crippen molar-refractivity contribution in [3.8, 4) is 18.0 Å². The van der Waals surface area contributed by atoms with Gasteiger partial charge in [-0.1, -0.05) is 25.5 Å². The third-order valence-electron chi connectivity index (χ3n) is 3.54. The molecule has 126 valence electrons. The van der Waals surface area contributed by atoms with Crippen molar-refractivity contribution in [1.82, 2.24) is 0 Å². The topological polar surface area (TPSA) is 109 Å². The Morgan fingerprint density at radius 2 is 2.00 bits per heavy atom. The number of aliphatic imine (C=N–C) groups is 1. The number of halogens is 1. The van der Waals surface area contributed by atoms with Crippen LogP contribution in [0, 0.1) is 22.8 Å². The molecule has 6 nitrogen and oxygen atoms in total. The van der Waals surface area contributed by atoms with Gasteiger partial charge in [-0.3, -0.25) is 0 Å². The monoisotopic (exact) mass is 397 g/mol. The van der Waals surface area contributed by atoms with E-state index in [1.807, 2.05) is 19.2 Å². The van der Waals surface area contributed by atoms with Crippen LogP contribution in [0.1, 0.15) is 24.5 Å². The first-order chi connectivity index (χ1) is 12.0. The molecule has 2 aromatic rings. The molecular formula is C18H16BrN5O. The van der Waals surface area contributed by atoms with Gasteiger partial charge in [0.25, 0.3) is 0 Å². The molecule has 0 fully saturated rings. The zero-order valence-electron chi connectivity index (χ0n) is 13.6. The number of hydrogen-bond acceptors (Lipinski definition) is 4. The molecule has 0 aliphatic rings. The average Bonchev–Trinajstić information content (AvgIpc) is 2.61. The number of benzene rings is 2. The average molecular weight is 398 g/mol. The molecule has 25 heavy (non-hydrogen) atoms. The van der Waals surface area contributed by atoms with E-state index in [4.69, 9.17) is 5.73 Å². The lowest BCUT2D eigenvalue weighted by Crippen LogP contribution is -2.33. The van der Waals surface area contributed by atoms with Gasteiger partial charge in [0.2, 0.25) is 5.96 Å². The highest BCUT2D eigenvalue weighted by Gasteiger charge is 2.19. The summed E-state index contributed by atoms with van der Waals surface area (Å²) in [6.07, 6.45) is 3.19. The first kappa shape index (κ1) is 18.3. The fourth-order valence-electron chi connectivity index (χ4n) is 2.36. The number of anilines is 1. The Hall–Kier alpha value is -3.03. The molecule has 0 aliphatic heterocycles. The zero-order chi connectivity index (χ0) is 18.4. The van der Waals surface area contributed by atoms with E-state index in [2.05, 4.69) is 27.0 Å². The molecule has 0 amide bonds. The van der Waals surface area contributed by atoms with E-state index in [1.54, 1.807) is 24.3 Å². The number of rotatable bonds is 4. The van der Waals surface area contributed by atoms with E-state index in [0.29, 0.717) is 23.2 Å². The van der Waals surface area contributed by atoms with Crippen molar-refractivity contribution in [2.24, 2.45) is 10.7 Å². The molecule has 2 aromatic carbocycles. The number of phenolic OH excluding ortho intramolecular Hbond substituents is 1. The maximum Gasteiger partial charge on any atom is 0.214 e. The number of aromatic hydroxyl groups is 1. The van der Waals surface area contributed by atoms with Gasteiger partial charge >= 0.3 is 0 Å². The van der Waals surface area contributed by atoms with E-state index in [-0.39, 0.29) is 17.4 Å². The number of nitrogens with two attached hydrogens (primary N) is 1. The van der Waals surface area contributed by atoms with Crippen molar-refractivity contribution in [1.29, 1.82) is 10.5 Å². The van der Waals surface area contributed by atoms with Crippen molar-refractivity contribution in [3.05, 3.63) is 52.0 Å². The van der Waals surface area contributed by atoms with Crippen LogP contribution >= 0.6 is 15.9 Å². The number of nitriles is 2.